The standard InChI is InChI=1S/C33H34/c1-9-17-23-31(26(14-6)15-7)33(30(21-11-3)25(12-4)13-5)29(16-8)27(20-10-2)28-22-18-19-24-32(28)33/h9-24H,1,3-4,6-8H2,2,5H3/b20-10-,23-17-,25-13-,30-21+. The van der Waals surface area contributed by atoms with E-state index in [0.29, 0.717) is 0 Å². The molecule has 0 fully saturated rings. The lowest BCUT2D eigenvalue weighted by Gasteiger charge is -2.39. The first-order chi connectivity index (χ1) is 16.1. The summed E-state index contributed by atoms with van der Waals surface area (Å²) in [6.45, 7) is 28.6. The Hall–Kier alpha value is -3.90. The van der Waals surface area contributed by atoms with E-state index in [0.717, 1.165) is 44.6 Å². The minimum absolute atomic E-state index is 0.686. The second kappa shape index (κ2) is 11.6. The zero-order valence-corrected chi connectivity index (χ0v) is 20.0. The molecule has 0 bridgehead atoms. The third kappa shape index (κ3) is 4.25. The van der Waals surface area contributed by atoms with Crippen LogP contribution in [-0.4, -0.2) is 0 Å². The molecule has 0 nitrogen and oxygen atoms in total. The first kappa shape index (κ1) is 25.4. The van der Waals surface area contributed by atoms with Crippen molar-refractivity contribution >= 4 is 5.57 Å². The van der Waals surface area contributed by atoms with Gasteiger partial charge in [-0.2, -0.15) is 0 Å². The number of hydrogen-bond acceptors (Lipinski definition) is 0. The highest BCUT2D eigenvalue weighted by atomic mass is 14.5. The molecule has 0 aliphatic heterocycles. The van der Waals surface area contributed by atoms with Crippen molar-refractivity contribution in [2.24, 2.45) is 0 Å². The lowest BCUT2D eigenvalue weighted by atomic mass is 9.62. The average molecular weight is 431 g/mol. The van der Waals surface area contributed by atoms with Gasteiger partial charge in [-0.25, -0.2) is 0 Å². The van der Waals surface area contributed by atoms with Gasteiger partial charge < -0.3 is 0 Å². The molecule has 0 amide bonds. The number of allylic oxidation sites excluding steroid dienone is 18. The van der Waals surface area contributed by atoms with E-state index in [4.69, 9.17) is 0 Å². The number of benzene rings is 1. The molecule has 2 rings (SSSR count). The molecule has 1 unspecified atom stereocenters. The van der Waals surface area contributed by atoms with Crippen molar-refractivity contribution in [3.63, 3.8) is 0 Å². The Morgan fingerprint density at radius 2 is 1.58 bits per heavy atom. The van der Waals surface area contributed by atoms with E-state index in [1.807, 2.05) is 50.3 Å². The van der Waals surface area contributed by atoms with Crippen molar-refractivity contribution in [1.29, 1.82) is 0 Å². The Bertz CT molecular complexity index is 1150. The molecule has 0 N–H and O–H groups in total. The molecule has 0 radical (unpaired) electrons. The van der Waals surface area contributed by atoms with E-state index in [1.165, 1.54) is 0 Å². The Morgan fingerprint density at radius 3 is 2.09 bits per heavy atom. The molecule has 1 aliphatic carbocycles. The second-order valence-corrected chi connectivity index (χ2v) is 7.46. The lowest BCUT2D eigenvalue weighted by Crippen LogP contribution is -2.32. The van der Waals surface area contributed by atoms with Crippen LogP contribution in [0.3, 0.4) is 0 Å². The van der Waals surface area contributed by atoms with Gasteiger partial charge in [0.25, 0.3) is 0 Å². The molecule has 0 aromatic heterocycles. The molecular weight excluding hydrogens is 396 g/mol. The van der Waals surface area contributed by atoms with E-state index in [1.54, 1.807) is 6.08 Å². The highest BCUT2D eigenvalue weighted by Gasteiger charge is 2.49. The number of rotatable bonds is 11. The molecule has 1 atom stereocenters. The fourth-order valence-corrected chi connectivity index (χ4v) is 4.72. The summed E-state index contributed by atoms with van der Waals surface area (Å²) in [4.78, 5) is 0. The Morgan fingerprint density at radius 1 is 0.879 bits per heavy atom. The van der Waals surface area contributed by atoms with Crippen LogP contribution in [0.1, 0.15) is 25.0 Å². The normalized spacial score (nSPS) is 18.2. The van der Waals surface area contributed by atoms with E-state index >= 15 is 0 Å². The monoisotopic (exact) mass is 430 g/mol. The van der Waals surface area contributed by atoms with Gasteiger partial charge >= 0.3 is 0 Å². The second-order valence-electron chi connectivity index (χ2n) is 7.46. The zero-order chi connectivity index (χ0) is 24.4. The van der Waals surface area contributed by atoms with E-state index in [-0.39, 0.29) is 0 Å². The smallest absolute Gasteiger partial charge is 0.0724 e. The fraction of sp³-hybridized carbons (Fsp3) is 0.0909. The number of fused-ring (bicyclic) bond motifs is 1. The molecule has 1 aromatic rings. The number of hydrogen-bond donors (Lipinski definition) is 0. The quantitative estimate of drug-likeness (QED) is 0.307. The third-order valence-electron chi connectivity index (χ3n) is 5.94. The van der Waals surface area contributed by atoms with Crippen molar-refractivity contribution in [2.45, 2.75) is 19.3 Å². The lowest BCUT2D eigenvalue weighted by molar-refractivity contribution is 0.747. The predicted molar refractivity (Wildman–Crippen MR) is 149 cm³/mol. The summed E-state index contributed by atoms with van der Waals surface area (Å²) < 4.78 is 0. The summed E-state index contributed by atoms with van der Waals surface area (Å²) in [5.74, 6) is 0. The van der Waals surface area contributed by atoms with Crippen molar-refractivity contribution in [3.05, 3.63) is 176 Å². The molecule has 166 valence electrons. The molecule has 0 heteroatoms. The Balaban J connectivity index is 3.39. The van der Waals surface area contributed by atoms with Gasteiger partial charge in [0.2, 0.25) is 0 Å². The Kier molecular flexibility index (Phi) is 8.95. The van der Waals surface area contributed by atoms with Crippen molar-refractivity contribution in [3.8, 4) is 0 Å². The Labute approximate surface area is 200 Å². The van der Waals surface area contributed by atoms with E-state index < -0.39 is 5.41 Å². The van der Waals surface area contributed by atoms with Gasteiger partial charge in [0.15, 0.2) is 0 Å². The maximum absolute atomic E-state index is 4.27. The van der Waals surface area contributed by atoms with Crippen LogP contribution in [0.5, 0.6) is 0 Å². The summed E-state index contributed by atoms with van der Waals surface area (Å²) in [5.41, 5.74) is 7.89. The summed E-state index contributed by atoms with van der Waals surface area (Å²) in [7, 11) is 0. The SMILES string of the molecule is C=C/C=C\C(=C(C=C)C=C)C1(C(=C/C=C)/C(C=C)=C\C)C(C=C)=C(/C=C\C)c2ccccc21. The minimum atomic E-state index is -0.686. The minimum Gasteiger partial charge on any atom is -0.0991 e. The van der Waals surface area contributed by atoms with Crippen LogP contribution in [0.2, 0.25) is 0 Å². The van der Waals surface area contributed by atoms with Crippen molar-refractivity contribution < 1.29 is 0 Å². The van der Waals surface area contributed by atoms with Crippen LogP contribution >= 0.6 is 0 Å². The topological polar surface area (TPSA) is 0 Å². The molecule has 33 heavy (non-hydrogen) atoms. The molecule has 0 saturated carbocycles. The summed E-state index contributed by atoms with van der Waals surface area (Å²) in [6.07, 6.45) is 23.6. The van der Waals surface area contributed by atoms with Gasteiger partial charge in [0.05, 0.1) is 5.41 Å². The molecule has 1 aromatic carbocycles. The predicted octanol–water partition coefficient (Wildman–Crippen LogP) is 9.11. The van der Waals surface area contributed by atoms with Crippen LogP contribution in [-0.2, 0) is 5.41 Å². The molecule has 0 saturated heterocycles. The maximum atomic E-state index is 4.27. The van der Waals surface area contributed by atoms with Gasteiger partial charge in [-0.1, -0.05) is 137 Å². The van der Waals surface area contributed by atoms with Gasteiger partial charge in [0.1, 0.15) is 0 Å². The van der Waals surface area contributed by atoms with Crippen molar-refractivity contribution in [2.75, 3.05) is 0 Å². The van der Waals surface area contributed by atoms with E-state index in [2.05, 4.69) is 94.1 Å². The summed E-state index contributed by atoms with van der Waals surface area (Å²) >= 11 is 0. The largest absolute Gasteiger partial charge is 0.0991 e. The molecule has 1 aliphatic rings. The fourth-order valence-electron chi connectivity index (χ4n) is 4.72. The first-order valence-electron chi connectivity index (χ1n) is 11.1. The van der Waals surface area contributed by atoms with Crippen LogP contribution in [0.4, 0.5) is 0 Å². The highest BCUT2D eigenvalue weighted by Crippen LogP contribution is 2.58. The van der Waals surface area contributed by atoms with Gasteiger partial charge in [-0.15, -0.1) is 0 Å². The molecule has 0 spiro atoms. The van der Waals surface area contributed by atoms with Gasteiger partial charge in [0, 0.05) is 0 Å². The molecular formula is C33H34. The summed E-state index contributed by atoms with van der Waals surface area (Å²) in [5, 5.41) is 0. The van der Waals surface area contributed by atoms with Crippen LogP contribution in [0, 0.1) is 0 Å². The summed E-state index contributed by atoms with van der Waals surface area (Å²) in [6, 6.07) is 8.51. The van der Waals surface area contributed by atoms with Gasteiger partial charge in [-0.05, 0) is 58.4 Å². The maximum Gasteiger partial charge on any atom is 0.0724 e. The van der Waals surface area contributed by atoms with Crippen LogP contribution < -0.4 is 0 Å². The third-order valence-corrected chi connectivity index (χ3v) is 5.94. The van der Waals surface area contributed by atoms with Crippen molar-refractivity contribution in [1.82, 2.24) is 0 Å². The first-order valence-corrected chi connectivity index (χ1v) is 11.1. The van der Waals surface area contributed by atoms with Crippen LogP contribution in [0.25, 0.3) is 5.57 Å². The average Bonchev–Trinajstić information content (AvgIpc) is 3.12. The highest BCUT2D eigenvalue weighted by molar-refractivity contribution is 5.93. The van der Waals surface area contributed by atoms with E-state index in [9.17, 15) is 0 Å². The molecule has 0 heterocycles. The van der Waals surface area contributed by atoms with Crippen LogP contribution in [0.15, 0.2) is 165 Å². The zero-order valence-electron chi connectivity index (χ0n) is 20.0. The van der Waals surface area contributed by atoms with Gasteiger partial charge in [-0.3, -0.25) is 0 Å².